The summed E-state index contributed by atoms with van der Waals surface area (Å²) in [6.07, 6.45) is 1.78. The van der Waals surface area contributed by atoms with E-state index in [9.17, 15) is 14.4 Å². The maximum atomic E-state index is 12.1. The highest BCUT2D eigenvalue weighted by Crippen LogP contribution is 2.31. The number of carboxylic acid groups (broad SMARTS) is 1. The van der Waals surface area contributed by atoms with E-state index < -0.39 is 5.97 Å². The van der Waals surface area contributed by atoms with E-state index in [-0.39, 0.29) is 29.7 Å². The maximum absolute atomic E-state index is 12.1. The van der Waals surface area contributed by atoms with Crippen molar-refractivity contribution < 1.29 is 24.2 Å². The molecule has 8 heteroatoms. The Labute approximate surface area is 149 Å². The molecule has 1 aromatic heterocycles. The van der Waals surface area contributed by atoms with Gasteiger partial charge in [-0.2, -0.15) is 0 Å². The first-order valence-electron chi connectivity index (χ1n) is 8.06. The van der Waals surface area contributed by atoms with Crippen molar-refractivity contribution in [3.63, 3.8) is 0 Å². The second-order valence-corrected chi connectivity index (χ2v) is 5.65. The Hall–Kier alpha value is -3.42. The van der Waals surface area contributed by atoms with Gasteiger partial charge in [0.2, 0.25) is 0 Å². The first kappa shape index (κ1) is 17.4. The number of aromatic carboxylic acids is 1. The van der Waals surface area contributed by atoms with Crippen LogP contribution < -0.4 is 15.0 Å². The molecule has 0 unspecified atom stereocenters. The third kappa shape index (κ3) is 3.80. The summed E-state index contributed by atoms with van der Waals surface area (Å²) in [7, 11) is 0. The van der Waals surface area contributed by atoms with Gasteiger partial charge in [0, 0.05) is 19.3 Å². The van der Waals surface area contributed by atoms with Crippen LogP contribution in [-0.2, 0) is 4.79 Å². The Morgan fingerprint density at radius 2 is 2.04 bits per heavy atom. The molecule has 0 radical (unpaired) electrons. The number of benzene rings is 1. The molecule has 0 saturated carbocycles. The van der Waals surface area contributed by atoms with Crippen LogP contribution in [0.5, 0.6) is 5.75 Å². The number of para-hydroxylation sites is 2. The molecule has 26 heavy (non-hydrogen) atoms. The lowest BCUT2D eigenvalue weighted by Crippen LogP contribution is -2.40. The topological polar surface area (TPSA) is 109 Å². The fourth-order valence-corrected chi connectivity index (χ4v) is 2.59. The smallest absolute Gasteiger partial charge is 0.354 e. The lowest BCUT2D eigenvalue weighted by atomic mass is 10.2. The van der Waals surface area contributed by atoms with Crippen LogP contribution in [0, 0.1) is 0 Å². The molecule has 1 aliphatic heterocycles. The summed E-state index contributed by atoms with van der Waals surface area (Å²) in [4.78, 5) is 40.2. The van der Waals surface area contributed by atoms with Crippen molar-refractivity contribution in [2.75, 3.05) is 24.6 Å². The Balaban J connectivity index is 1.52. The van der Waals surface area contributed by atoms with Crippen molar-refractivity contribution in [1.82, 2.24) is 10.3 Å². The fraction of sp³-hybridized carbons (Fsp3) is 0.222. The molecule has 2 heterocycles. The number of ether oxygens (including phenoxy) is 1. The number of carbonyl (C=O) groups excluding carboxylic acids is 2. The number of aromatic nitrogens is 1. The lowest BCUT2D eigenvalue weighted by Gasteiger charge is -2.29. The monoisotopic (exact) mass is 355 g/mol. The highest BCUT2D eigenvalue weighted by atomic mass is 16.5. The van der Waals surface area contributed by atoms with Crippen LogP contribution in [0.15, 0.2) is 42.6 Å². The van der Waals surface area contributed by atoms with E-state index in [0.717, 1.165) is 5.69 Å². The molecular formula is C18H17N3O5. The van der Waals surface area contributed by atoms with Gasteiger partial charge >= 0.3 is 5.97 Å². The summed E-state index contributed by atoms with van der Waals surface area (Å²) in [6.45, 7) is 0.826. The Morgan fingerprint density at radius 1 is 1.23 bits per heavy atom. The molecule has 134 valence electrons. The number of hydrogen-bond donors (Lipinski definition) is 2. The van der Waals surface area contributed by atoms with Gasteiger partial charge in [0.25, 0.3) is 11.8 Å². The number of pyridine rings is 1. The molecule has 2 amide bonds. The van der Waals surface area contributed by atoms with Crippen molar-refractivity contribution in [2.24, 2.45) is 0 Å². The highest BCUT2D eigenvalue weighted by Gasteiger charge is 2.24. The van der Waals surface area contributed by atoms with Crippen LogP contribution in [0.2, 0.25) is 0 Å². The number of carbonyl (C=O) groups is 3. The van der Waals surface area contributed by atoms with Gasteiger partial charge in [-0.3, -0.25) is 9.59 Å². The van der Waals surface area contributed by atoms with Gasteiger partial charge < -0.3 is 20.1 Å². The van der Waals surface area contributed by atoms with Crippen molar-refractivity contribution in [3.8, 4) is 5.75 Å². The second-order valence-electron chi connectivity index (χ2n) is 5.65. The maximum Gasteiger partial charge on any atom is 0.354 e. The molecule has 0 fully saturated rings. The summed E-state index contributed by atoms with van der Waals surface area (Å²) < 4.78 is 5.39. The van der Waals surface area contributed by atoms with Crippen LogP contribution in [-0.4, -0.2) is 47.6 Å². The third-order valence-corrected chi connectivity index (χ3v) is 3.90. The summed E-state index contributed by atoms with van der Waals surface area (Å²) in [5.74, 6) is -0.945. The number of amides is 2. The highest BCUT2D eigenvalue weighted by molar-refractivity contribution is 5.98. The fourth-order valence-electron chi connectivity index (χ4n) is 2.59. The number of fused-ring (bicyclic) bond motifs is 1. The number of rotatable bonds is 6. The Morgan fingerprint density at radius 3 is 2.77 bits per heavy atom. The largest absolute Gasteiger partial charge is 0.482 e. The van der Waals surface area contributed by atoms with Gasteiger partial charge in [-0.1, -0.05) is 12.1 Å². The minimum absolute atomic E-state index is 0.00493. The molecule has 0 spiro atoms. The normalized spacial score (nSPS) is 12.9. The van der Waals surface area contributed by atoms with Crippen molar-refractivity contribution in [3.05, 3.63) is 53.9 Å². The molecule has 0 aliphatic carbocycles. The van der Waals surface area contributed by atoms with E-state index in [2.05, 4.69) is 10.3 Å². The Bertz CT molecular complexity index is 835. The number of carboxylic acids is 1. The zero-order valence-electron chi connectivity index (χ0n) is 13.8. The van der Waals surface area contributed by atoms with Crippen molar-refractivity contribution >= 4 is 23.5 Å². The summed E-state index contributed by atoms with van der Waals surface area (Å²) in [5, 5.41) is 11.5. The zero-order chi connectivity index (χ0) is 18.5. The predicted octanol–water partition coefficient (Wildman–Crippen LogP) is 1.33. The molecule has 2 aromatic rings. The molecule has 1 aromatic carbocycles. The summed E-state index contributed by atoms with van der Waals surface area (Å²) >= 11 is 0. The first-order chi connectivity index (χ1) is 12.6. The van der Waals surface area contributed by atoms with Crippen LogP contribution >= 0.6 is 0 Å². The van der Waals surface area contributed by atoms with E-state index >= 15 is 0 Å². The van der Waals surface area contributed by atoms with E-state index in [4.69, 9.17) is 9.84 Å². The predicted molar refractivity (Wildman–Crippen MR) is 92.4 cm³/mol. The molecule has 0 atom stereocenters. The minimum Gasteiger partial charge on any atom is -0.482 e. The molecule has 0 saturated heterocycles. The second kappa shape index (κ2) is 7.64. The quantitative estimate of drug-likeness (QED) is 0.757. The summed E-state index contributed by atoms with van der Waals surface area (Å²) in [5.41, 5.74) is 0.886. The van der Waals surface area contributed by atoms with Gasteiger partial charge in [-0.15, -0.1) is 0 Å². The van der Waals surface area contributed by atoms with Gasteiger partial charge in [0.1, 0.15) is 11.4 Å². The molecule has 0 bridgehead atoms. The van der Waals surface area contributed by atoms with Crippen molar-refractivity contribution in [1.29, 1.82) is 0 Å². The summed E-state index contributed by atoms with van der Waals surface area (Å²) in [6, 6.07) is 10.00. The van der Waals surface area contributed by atoms with E-state index in [1.54, 1.807) is 4.90 Å². The van der Waals surface area contributed by atoms with Crippen LogP contribution in [0.3, 0.4) is 0 Å². The molecule has 1 aliphatic rings. The van der Waals surface area contributed by atoms with E-state index in [0.29, 0.717) is 25.3 Å². The van der Waals surface area contributed by atoms with Gasteiger partial charge in [0.15, 0.2) is 6.61 Å². The standard InChI is InChI=1S/C18H17N3O5/c22-16-11-26-15-5-2-1-4-14(15)21(16)9-3-8-19-17(23)12-6-7-13(18(24)25)20-10-12/h1-2,4-7,10H,3,8-9,11H2,(H,19,23)(H,24,25). The number of nitrogens with zero attached hydrogens (tertiary/aromatic N) is 2. The van der Waals surface area contributed by atoms with E-state index in [1.807, 2.05) is 24.3 Å². The van der Waals surface area contributed by atoms with Crippen LogP contribution in [0.1, 0.15) is 27.3 Å². The first-order valence-corrected chi connectivity index (χ1v) is 8.06. The van der Waals surface area contributed by atoms with Gasteiger partial charge in [0.05, 0.1) is 11.3 Å². The Kier molecular flexibility index (Phi) is 5.12. The van der Waals surface area contributed by atoms with E-state index in [1.165, 1.54) is 18.3 Å². The SMILES string of the molecule is O=C(NCCCN1C(=O)COc2ccccc21)c1ccc(C(=O)O)nc1. The van der Waals surface area contributed by atoms with Crippen LogP contribution in [0.25, 0.3) is 0 Å². The zero-order valence-corrected chi connectivity index (χ0v) is 13.8. The number of nitrogens with one attached hydrogen (secondary N) is 1. The minimum atomic E-state index is -1.15. The molecular weight excluding hydrogens is 338 g/mol. The average molecular weight is 355 g/mol. The molecule has 2 N–H and O–H groups in total. The molecule has 8 nitrogen and oxygen atoms in total. The number of anilines is 1. The lowest BCUT2D eigenvalue weighted by molar-refractivity contribution is -0.121. The number of hydrogen-bond acceptors (Lipinski definition) is 5. The third-order valence-electron chi connectivity index (χ3n) is 3.90. The van der Waals surface area contributed by atoms with Gasteiger partial charge in [-0.05, 0) is 30.7 Å². The van der Waals surface area contributed by atoms with Crippen LogP contribution in [0.4, 0.5) is 5.69 Å². The van der Waals surface area contributed by atoms with Crippen molar-refractivity contribution in [2.45, 2.75) is 6.42 Å². The average Bonchev–Trinajstić information content (AvgIpc) is 2.66. The molecule has 3 rings (SSSR count). The van der Waals surface area contributed by atoms with Gasteiger partial charge in [-0.25, -0.2) is 9.78 Å².